The molecule has 1 rings (SSSR count). The van der Waals surface area contributed by atoms with Gasteiger partial charge in [-0.05, 0) is 14.0 Å². The van der Waals surface area contributed by atoms with E-state index in [1.54, 1.807) is 11.9 Å². The maximum atomic E-state index is 11.4. The molecular weight excluding hydrogens is 224 g/mol. The molecule has 1 saturated heterocycles. The summed E-state index contributed by atoms with van der Waals surface area (Å²) in [5.41, 5.74) is 2.54. The second kappa shape index (κ2) is 6.53. The number of aliphatic hydroxyl groups is 1. The number of carbonyl (C=O) groups is 2. The van der Waals surface area contributed by atoms with E-state index in [0.29, 0.717) is 13.1 Å². The first-order chi connectivity index (χ1) is 7.99. The molecule has 1 unspecified atom stereocenters. The molecule has 2 amide bonds. The Balaban J connectivity index is 2.26. The normalized spacial score (nSPS) is 19.7. The van der Waals surface area contributed by atoms with Gasteiger partial charge in [0.2, 0.25) is 0 Å². The molecule has 0 aromatic carbocycles. The van der Waals surface area contributed by atoms with E-state index in [4.69, 9.17) is 5.11 Å². The van der Waals surface area contributed by atoms with Crippen molar-refractivity contribution in [2.24, 2.45) is 0 Å². The fourth-order valence-corrected chi connectivity index (χ4v) is 1.43. The Labute approximate surface area is 101 Å². The van der Waals surface area contributed by atoms with Crippen molar-refractivity contribution >= 4 is 11.8 Å². The van der Waals surface area contributed by atoms with Gasteiger partial charge in [-0.25, -0.2) is 5.01 Å². The van der Waals surface area contributed by atoms with Gasteiger partial charge in [-0.15, -0.1) is 0 Å². The van der Waals surface area contributed by atoms with Gasteiger partial charge in [0.1, 0.15) is 0 Å². The largest absolute Gasteiger partial charge is 0.392 e. The second-order valence-electron chi connectivity index (χ2n) is 4.29. The van der Waals surface area contributed by atoms with E-state index in [1.807, 2.05) is 7.05 Å². The first kappa shape index (κ1) is 13.9. The molecule has 1 fully saturated rings. The molecule has 98 valence electrons. The molecule has 0 aromatic rings. The van der Waals surface area contributed by atoms with Crippen LogP contribution in [0.5, 0.6) is 0 Å². The molecule has 0 saturated carbocycles. The van der Waals surface area contributed by atoms with Gasteiger partial charge in [-0.2, -0.15) is 0 Å². The van der Waals surface area contributed by atoms with Gasteiger partial charge >= 0.3 is 11.8 Å². The van der Waals surface area contributed by atoms with Crippen LogP contribution in [0.2, 0.25) is 0 Å². The molecule has 1 aliphatic rings. The summed E-state index contributed by atoms with van der Waals surface area (Å²) in [6.07, 6.45) is -0.657. The Morgan fingerprint density at radius 2 is 1.82 bits per heavy atom. The molecule has 17 heavy (non-hydrogen) atoms. The third-order valence-corrected chi connectivity index (χ3v) is 2.53. The topological polar surface area (TPSA) is 84.9 Å². The zero-order valence-corrected chi connectivity index (χ0v) is 10.3. The Morgan fingerprint density at radius 1 is 1.24 bits per heavy atom. The van der Waals surface area contributed by atoms with Crippen LogP contribution in [0.3, 0.4) is 0 Å². The lowest BCUT2D eigenvalue weighted by Crippen LogP contribution is -2.55. The van der Waals surface area contributed by atoms with Crippen molar-refractivity contribution < 1.29 is 14.7 Å². The number of nitrogens with zero attached hydrogens (tertiary/aromatic N) is 2. The van der Waals surface area contributed by atoms with E-state index in [-0.39, 0.29) is 6.54 Å². The minimum absolute atomic E-state index is 0.0784. The third kappa shape index (κ3) is 5.12. The molecular formula is C10H20N4O3. The lowest BCUT2D eigenvalue weighted by atomic mass is 10.4. The van der Waals surface area contributed by atoms with Crippen LogP contribution in [0, 0.1) is 0 Å². The number of aliphatic hydroxyl groups excluding tert-OH is 1. The Hall–Kier alpha value is -1.18. The zero-order valence-electron chi connectivity index (χ0n) is 10.3. The predicted octanol–water partition coefficient (Wildman–Crippen LogP) is -2.24. The fourth-order valence-electron chi connectivity index (χ4n) is 1.43. The molecule has 0 bridgehead atoms. The molecule has 3 N–H and O–H groups in total. The van der Waals surface area contributed by atoms with E-state index in [9.17, 15) is 9.59 Å². The number of rotatable bonds is 3. The summed E-state index contributed by atoms with van der Waals surface area (Å²) in [6, 6.07) is 0. The average Bonchev–Trinajstić information content (AvgIpc) is 2.28. The lowest BCUT2D eigenvalue weighted by Gasteiger charge is -2.32. The van der Waals surface area contributed by atoms with Crippen molar-refractivity contribution in [1.82, 2.24) is 20.7 Å². The number of hydrogen-bond donors (Lipinski definition) is 3. The van der Waals surface area contributed by atoms with Crippen LogP contribution in [0.25, 0.3) is 0 Å². The van der Waals surface area contributed by atoms with Crippen LogP contribution in [0.1, 0.15) is 6.92 Å². The SMILES string of the molecule is CC(O)CNC(=O)C(=O)NN1CCN(C)CC1. The van der Waals surface area contributed by atoms with E-state index in [2.05, 4.69) is 15.6 Å². The highest BCUT2D eigenvalue weighted by Crippen LogP contribution is 1.95. The fraction of sp³-hybridized carbons (Fsp3) is 0.800. The van der Waals surface area contributed by atoms with Gasteiger partial charge in [0, 0.05) is 32.7 Å². The molecule has 7 heteroatoms. The van der Waals surface area contributed by atoms with Crippen molar-refractivity contribution in [2.75, 3.05) is 39.8 Å². The minimum atomic E-state index is -0.718. The van der Waals surface area contributed by atoms with Gasteiger partial charge in [-0.3, -0.25) is 15.0 Å². The Bertz CT molecular complexity index is 275. The summed E-state index contributed by atoms with van der Waals surface area (Å²) < 4.78 is 0. The molecule has 0 aromatic heterocycles. The van der Waals surface area contributed by atoms with E-state index >= 15 is 0 Å². The molecule has 0 radical (unpaired) electrons. The van der Waals surface area contributed by atoms with Crippen LogP contribution in [0.4, 0.5) is 0 Å². The molecule has 1 atom stereocenters. The Morgan fingerprint density at radius 3 is 2.35 bits per heavy atom. The zero-order chi connectivity index (χ0) is 12.8. The summed E-state index contributed by atoms with van der Waals surface area (Å²) in [5, 5.41) is 13.0. The first-order valence-corrected chi connectivity index (χ1v) is 5.69. The highest BCUT2D eigenvalue weighted by molar-refractivity contribution is 6.34. The summed E-state index contributed by atoms with van der Waals surface area (Å²) in [7, 11) is 2.01. The second-order valence-corrected chi connectivity index (χ2v) is 4.29. The van der Waals surface area contributed by atoms with Gasteiger partial charge in [0.15, 0.2) is 0 Å². The van der Waals surface area contributed by atoms with Crippen molar-refractivity contribution in [3.8, 4) is 0 Å². The number of nitrogens with one attached hydrogen (secondary N) is 2. The molecule has 1 aliphatic heterocycles. The minimum Gasteiger partial charge on any atom is -0.392 e. The van der Waals surface area contributed by atoms with Crippen molar-refractivity contribution in [1.29, 1.82) is 0 Å². The highest BCUT2D eigenvalue weighted by atomic mass is 16.3. The van der Waals surface area contributed by atoms with Crippen LogP contribution >= 0.6 is 0 Å². The quantitative estimate of drug-likeness (QED) is 0.489. The summed E-state index contributed by atoms with van der Waals surface area (Å²) >= 11 is 0. The number of piperazine rings is 1. The first-order valence-electron chi connectivity index (χ1n) is 5.69. The standard InChI is InChI=1S/C10H20N4O3/c1-8(15)7-11-9(16)10(17)12-14-5-3-13(2)4-6-14/h8,15H,3-7H2,1-2H3,(H,11,16)(H,12,17). The maximum Gasteiger partial charge on any atom is 0.323 e. The number of hydrogen-bond acceptors (Lipinski definition) is 5. The van der Waals surface area contributed by atoms with Crippen molar-refractivity contribution in [2.45, 2.75) is 13.0 Å². The summed E-state index contributed by atoms with van der Waals surface area (Å²) in [5.74, 6) is -1.40. The van der Waals surface area contributed by atoms with E-state index < -0.39 is 17.9 Å². The van der Waals surface area contributed by atoms with Gasteiger partial charge in [0.25, 0.3) is 0 Å². The third-order valence-electron chi connectivity index (χ3n) is 2.53. The monoisotopic (exact) mass is 244 g/mol. The van der Waals surface area contributed by atoms with Crippen molar-refractivity contribution in [3.63, 3.8) is 0 Å². The van der Waals surface area contributed by atoms with Crippen LogP contribution in [0.15, 0.2) is 0 Å². The number of hydrazine groups is 1. The average molecular weight is 244 g/mol. The van der Waals surface area contributed by atoms with Gasteiger partial charge in [0.05, 0.1) is 6.10 Å². The predicted molar refractivity (Wildman–Crippen MR) is 61.9 cm³/mol. The smallest absolute Gasteiger partial charge is 0.323 e. The molecule has 7 nitrogen and oxygen atoms in total. The van der Waals surface area contributed by atoms with Gasteiger partial charge < -0.3 is 15.3 Å². The van der Waals surface area contributed by atoms with Gasteiger partial charge in [-0.1, -0.05) is 0 Å². The molecule has 0 spiro atoms. The van der Waals surface area contributed by atoms with Crippen LogP contribution in [-0.2, 0) is 9.59 Å². The Kier molecular flexibility index (Phi) is 5.33. The van der Waals surface area contributed by atoms with E-state index in [0.717, 1.165) is 13.1 Å². The number of likely N-dealkylation sites (N-methyl/N-ethyl adjacent to an activating group) is 1. The summed E-state index contributed by atoms with van der Waals surface area (Å²) in [4.78, 5) is 24.9. The highest BCUT2D eigenvalue weighted by Gasteiger charge is 2.19. The lowest BCUT2D eigenvalue weighted by molar-refractivity contribution is -0.142. The van der Waals surface area contributed by atoms with Crippen molar-refractivity contribution in [3.05, 3.63) is 0 Å². The van der Waals surface area contributed by atoms with Crippen LogP contribution < -0.4 is 10.7 Å². The summed E-state index contributed by atoms with van der Waals surface area (Å²) in [6.45, 7) is 4.73. The number of amides is 2. The van der Waals surface area contributed by atoms with E-state index in [1.165, 1.54) is 0 Å². The number of carbonyl (C=O) groups excluding carboxylic acids is 2. The maximum absolute atomic E-state index is 11.4. The molecule has 0 aliphatic carbocycles. The van der Waals surface area contributed by atoms with Crippen LogP contribution in [-0.4, -0.2) is 72.7 Å². The molecule has 1 heterocycles.